The van der Waals surface area contributed by atoms with Gasteiger partial charge in [0.05, 0.1) is 5.52 Å². The number of rotatable bonds is 2. The van der Waals surface area contributed by atoms with E-state index in [-0.39, 0.29) is 11.2 Å². The van der Waals surface area contributed by atoms with E-state index in [1.807, 2.05) is 36.4 Å². The molecule has 7 heteroatoms. The van der Waals surface area contributed by atoms with Gasteiger partial charge in [-0.1, -0.05) is 29.8 Å². The Morgan fingerprint density at radius 2 is 1.91 bits per heavy atom. The molecule has 2 heterocycles. The Kier molecular flexibility index (Phi) is 2.99. The first-order valence-corrected chi connectivity index (χ1v) is 7.15. The average molecular weight is 325 g/mol. The number of pyridine rings is 1. The third-order valence-electron chi connectivity index (χ3n) is 3.65. The number of carboxylic acids is 1. The molecule has 4 aromatic rings. The maximum Gasteiger partial charge on any atom is 0.339 e. The quantitative estimate of drug-likeness (QED) is 0.612. The Morgan fingerprint density at radius 1 is 1.09 bits per heavy atom. The summed E-state index contributed by atoms with van der Waals surface area (Å²) >= 11 is 6.03. The third kappa shape index (κ3) is 2.20. The fourth-order valence-electron chi connectivity index (χ4n) is 2.61. The number of hydrogen-bond donors (Lipinski definition) is 1. The van der Waals surface area contributed by atoms with Crippen molar-refractivity contribution in [2.75, 3.05) is 0 Å². The van der Waals surface area contributed by atoms with E-state index in [1.54, 1.807) is 12.1 Å². The molecule has 4 rings (SSSR count). The second-order valence-corrected chi connectivity index (χ2v) is 5.50. The van der Waals surface area contributed by atoms with Crippen LogP contribution in [0, 0.1) is 0 Å². The lowest BCUT2D eigenvalue weighted by atomic mass is 10.0. The van der Waals surface area contributed by atoms with Gasteiger partial charge in [-0.15, -0.1) is 5.10 Å². The van der Waals surface area contributed by atoms with Crippen LogP contribution in [0.15, 0.2) is 48.5 Å². The van der Waals surface area contributed by atoms with E-state index in [9.17, 15) is 9.90 Å². The minimum atomic E-state index is -1.07. The molecule has 112 valence electrons. The third-order valence-corrected chi connectivity index (χ3v) is 3.89. The molecule has 0 amide bonds. The zero-order chi connectivity index (χ0) is 16.0. The van der Waals surface area contributed by atoms with Gasteiger partial charge >= 0.3 is 5.97 Å². The highest BCUT2D eigenvalue weighted by Crippen LogP contribution is 2.27. The number of carboxylic acid groups (broad SMARTS) is 1. The maximum absolute atomic E-state index is 11.4. The molecule has 0 unspecified atom stereocenters. The Morgan fingerprint density at radius 3 is 2.70 bits per heavy atom. The lowest BCUT2D eigenvalue weighted by molar-refractivity contribution is 0.0698. The van der Waals surface area contributed by atoms with E-state index in [0.29, 0.717) is 5.02 Å². The molecule has 0 saturated carbocycles. The Bertz CT molecular complexity index is 1070. The smallest absolute Gasteiger partial charge is 0.339 e. The van der Waals surface area contributed by atoms with Crippen LogP contribution in [0.5, 0.6) is 0 Å². The van der Waals surface area contributed by atoms with Crippen LogP contribution in [0.4, 0.5) is 0 Å². The van der Waals surface area contributed by atoms with Gasteiger partial charge in [-0.05, 0) is 51.9 Å². The monoisotopic (exact) mass is 324 g/mol. The number of aromatic nitrogens is 4. The summed E-state index contributed by atoms with van der Waals surface area (Å²) in [6.07, 6.45) is 0. The van der Waals surface area contributed by atoms with Crippen LogP contribution in [0.25, 0.3) is 27.7 Å². The van der Waals surface area contributed by atoms with Crippen LogP contribution in [-0.2, 0) is 0 Å². The van der Waals surface area contributed by atoms with Crippen molar-refractivity contribution in [2.24, 2.45) is 0 Å². The molecule has 0 aliphatic carbocycles. The van der Waals surface area contributed by atoms with Gasteiger partial charge in [-0.2, -0.15) is 4.52 Å². The highest BCUT2D eigenvalue weighted by molar-refractivity contribution is 6.30. The van der Waals surface area contributed by atoms with E-state index in [2.05, 4.69) is 15.5 Å². The summed E-state index contributed by atoms with van der Waals surface area (Å²) in [4.78, 5) is 11.4. The molecule has 23 heavy (non-hydrogen) atoms. The zero-order valence-corrected chi connectivity index (χ0v) is 12.4. The second-order valence-electron chi connectivity index (χ2n) is 5.06. The first-order valence-electron chi connectivity index (χ1n) is 6.77. The molecule has 0 aliphatic rings. The normalized spacial score (nSPS) is 11.2. The SMILES string of the molecule is O=C(O)c1cc2cc(-c3cccc(Cl)c3)ccc2n2nnnc12. The molecule has 2 aromatic carbocycles. The van der Waals surface area contributed by atoms with Crippen molar-refractivity contribution in [1.29, 1.82) is 0 Å². The van der Waals surface area contributed by atoms with Crippen molar-refractivity contribution < 1.29 is 9.90 Å². The highest BCUT2D eigenvalue weighted by atomic mass is 35.5. The van der Waals surface area contributed by atoms with Gasteiger partial charge in [-0.25, -0.2) is 4.79 Å². The van der Waals surface area contributed by atoms with Crippen molar-refractivity contribution >= 4 is 34.1 Å². The van der Waals surface area contributed by atoms with Crippen LogP contribution in [0.2, 0.25) is 5.02 Å². The zero-order valence-electron chi connectivity index (χ0n) is 11.6. The number of hydrogen-bond acceptors (Lipinski definition) is 4. The second kappa shape index (κ2) is 5.03. The number of tetrazole rings is 1. The molecule has 1 N–H and O–H groups in total. The van der Waals surface area contributed by atoms with Gasteiger partial charge in [-0.3, -0.25) is 0 Å². The van der Waals surface area contributed by atoms with E-state index >= 15 is 0 Å². The summed E-state index contributed by atoms with van der Waals surface area (Å²) < 4.78 is 1.43. The van der Waals surface area contributed by atoms with E-state index in [4.69, 9.17) is 11.6 Å². The number of nitrogens with zero attached hydrogens (tertiary/aromatic N) is 4. The number of fused-ring (bicyclic) bond motifs is 3. The Balaban J connectivity index is 2.02. The molecular weight excluding hydrogens is 316 g/mol. The number of carbonyl (C=O) groups is 1. The Labute approximate surface area is 134 Å². The largest absolute Gasteiger partial charge is 0.478 e. The number of halogens is 1. The molecule has 6 nitrogen and oxygen atoms in total. The van der Waals surface area contributed by atoms with Crippen molar-refractivity contribution in [3.63, 3.8) is 0 Å². The fourth-order valence-corrected chi connectivity index (χ4v) is 2.80. The van der Waals surface area contributed by atoms with E-state index in [0.717, 1.165) is 22.0 Å². The molecule has 2 aromatic heterocycles. The summed E-state index contributed by atoms with van der Waals surface area (Å²) in [6, 6.07) is 14.7. The van der Waals surface area contributed by atoms with Crippen molar-refractivity contribution in [3.05, 3.63) is 59.1 Å². The molecular formula is C16H9ClN4O2. The van der Waals surface area contributed by atoms with Crippen molar-refractivity contribution in [1.82, 2.24) is 20.0 Å². The molecule has 0 saturated heterocycles. The van der Waals surface area contributed by atoms with Gasteiger partial charge < -0.3 is 5.11 Å². The summed E-state index contributed by atoms with van der Waals surface area (Å²) in [5, 5.41) is 22.0. The predicted molar refractivity (Wildman–Crippen MR) is 85.7 cm³/mol. The topological polar surface area (TPSA) is 80.4 Å². The van der Waals surface area contributed by atoms with Crippen LogP contribution in [-0.4, -0.2) is 31.1 Å². The van der Waals surface area contributed by atoms with Crippen LogP contribution in [0.3, 0.4) is 0 Å². The summed E-state index contributed by atoms with van der Waals surface area (Å²) in [5.41, 5.74) is 2.91. The predicted octanol–water partition coefficient (Wildman–Crippen LogP) is 3.30. The first kappa shape index (κ1) is 13.7. The van der Waals surface area contributed by atoms with Gasteiger partial charge in [0.2, 0.25) is 0 Å². The molecule has 0 fully saturated rings. The minimum absolute atomic E-state index is 0.0609. The van der Waals surface area contributed by atoms with Crippen LogP contribution < -0.4 is 0 Å². The molecule has 0 aliphatic heterocycles. The molecule has 0 bridgehead atoms. The number of aromatic carboxylic acids is 1. The first-order chi connectivity index (χ1) is 11.1. The standard InChI is InChI=1S/C16H9ClN4O2/c17-12-3-1-2-9(7-12)10-4-5-14-11(6-10)8-13(16(22)23)15-18-19-20-21(14)15/h1-8H,(H,22,23). The summed E-state index contributed by atoms with van der Waals surface area (Å²) in [6.45, 7) is 0. The lowest BCUT2D eigenvalue weighted by Crippen LogP contribution is -2.02. The van der Waals surface area contributed by atoms with Gasteiger partial charge in [0, 0.05) is 10.4 Å². The lowest BCUT2D eigenvalue weighted by Gasteiger charge is -2.07. The molecule has 0 radical (unpaired) electrons. The van der Waals surface area contributed by atoms with Gasteiger partial charge in [0.15, 0.2) is 5.65 Å². The number of benzene rings is 2. The van der Waals surface area contributed by atoms with Crippen molar-refractivity contribution in [3.8, 4) is 11.1 Å². The highest BCUT2D eigenvalue weighted by Gasteiger charge is 2.15. The fraction of sp³-hybridized carbons (Fsp3) is 0. The van der Waals surface area contributed by atoms with E-state index < -0.39 is 5.97 Å². The molecule has 0 atom stereocenters. The Hall–Kier alpha value is -2.99. The average Bonchev–Trinajstić information content (AvgIpc) is 3.03. The van der Waals surface area contributed by atoms with Crippen molar-refractivity contribution in [2.45, 2.75) is 0 Å². The summed E-state index contributed by atoms with van der Waals surface area (Å²) in [5.74, 6) is -1.07. The van der Waals surface area contributed by atoms with Gasteiger partial charge in [0.1, 0.15) is 5.56 Å². The maximum atomic E-state index is 11.4. The van der Waals surface area contributed by atoms with Crippen LogP contribution in [0.1, 0.15) is 10.4 Å². The minimum Gasteiger partial charge on any atom is -0.478 e. The van der Waals surface area contributed by atoms with Gasteiger partial charge in [0.25, 0.3) is 0 Å². The van der Waals surface area contributed by atoms with Crippen LogP contribution >= 0.6 is 11.6 Å². The van der Waals surface area contributed by atoms with E-state index in [1.165, 1.54) is 4.52 Å². The molecule has 0 spiro atoms. The summed E-state index contributed by atoms with van der Waals surface area (Å²) in [7, 11) is 0.